The fourth-order valence-electron chi connectivity index (χ4n) is 4.19. The maximum Gasteiger partial charge on any atom is 0.410 e. The maximum atomic E-state index is 12.4. The van der Waals surface area contributed by atoms with Crippen LogP contribution in [-0.2, 0) is 4.74 Å². The number of hydrogen-bond acceptors (Lipinski definition) is 4. The molecular formula is C17H30N2O2S. The van der Waals surface area contributed by atoms with Gasteiger partial charge in [-0.2, -0.15) is 11.8 Å². The molecule has 22 heavy (non-hydrogen) atoms. The number of rotatable bonds is 2. The van der Waals surface area contributed by atoms with Gasteiger partial charge in [-0.1, -0.05) is 6.92 Å². The molecule has 0 aromatic rings. The van der Waals surface area contributed by atoms with E-state index in [-0.39, 0.29) is 6.09 Å². The number of amides is 1. The molecule has 3 aliphatic heterocycles. The summed E-state index contributed by atoms with van der Waals surface area (Å²) in [5, 5.41) is 4.65. The first-order valence-corrected chi connectivity index (χ1v) is 9.75. The van der Waals surface area contributed by atoms with Gasteiger partial charge in [0.15, 0.2) is 0 Å². The van der Waals surface area contributed by atoms with Crippen molar-refractivity contribution < 1.29 is 9.53 Å². The van der Waals surface area contributed by atoms with Gasteiger partial charge in [-0.15, -0.1) is 0 Å². The number of nitrogens with one attached hydrogen (secondary N) is 1. The molecule has 0 aromatic heterocycles. The fourth-order valence-corrected chi connectivity index (χ4v) is 5.35. The lowest BCUT2D eigenvalue weighted by atomic mass is 9.96. The number of hydrogen-bond donors (Lipinski definition) is 1. The van der Waals surface area contributed by atoms with Crippen LogP contribution in [0.5, 0.6) is 0 Å². The number of carbonyl (C=O) groups excluding carboxylic acids is 1. The van der Waals surface area contributed by atoms with Crippen molar-refractivity contribution in [2.45, 2.75) is 94.8 Å². The minimum Gasteiger partial charge on any atom is -0.444 e. The normalized spacial score (nSPS) is 38.4. The lowest BCUT2D eigenvalue weighted by Gasteiger charge is -2.40. The molecule has 3 aliphatic rings. The first kappa shape index (κ1) is 16.4. The summed E-state index contributed by atoms with van der Waals surface area (Å²) >= 11 is 2.08. The van der Waals surface area contributed by atoms with Crippen LogP contribution in [0.4, 0.5) is 4.79 Å². The topological polar surface area (TPSA) is 41.6 Å². The molecule has 4 nitrogen and oxygen atoms in total. The van der Waals surface area contributed by atoms with Crippen LogP contribution in [0, 0.1) is 0 Å². The Morgan fingerprint density at radius 2 is 1.77 bits per heavy atom. The Morgan fingerprint density at radius 3 is 2.27 bits per heavy atom. The fraction of sp³-hybridized carbons (Fsp3) is 0.941. The summed E-state index contributed by atoms with van der Waals surface area (Å²) < 4.78 is 5.60. The first-order valence-electron chi connectivity index (χ1n) is 8.71. The minimum absolute atomic E-state index is 0.108. The molecule has 3 heterocycles. The van der Waals surface area contributed by atoms with E-state index in [4.69, 9.17) is 4.74 Å². The van der Waals surface area contributed by atoms with Gasteiger partial charge >= 0.3 is 6.09 Å². The summed E-state index contributed by atoms with van der Waals surface area (Å²) in [5.74, 6) is 1.24. The van der Waals surface area contributed by atoms with Crippen molar-refractivity contribution in [1.29, 1.82) is 0 Å². The summed E-state index contributed by atoms with van der Waals surface area (Å²) in [6, 6.07) is 1.99. The van der Waals surface area contributed by atoms with Gasteiger partial charge in [0, 0.05) is 35.2 Å². The van der Waals surface area contributed by atoms with E-state index in [1.807, 2.05) is 25.7 Å². The van der Waals surface area contributed by atoms with E-state index in [1.54, 1.807) is 0 Å². The molecule has 126 valence electrons. The number of nitrogens with zero attached hydrogens (tertiary/aromatic N) is 1. The predicted molar refractivity (Wildman–Crippen MR) is 91.4 cm³/mol. The lowest BCUT2D eigenvalue weighted by Crippen LogP contribution is -2.54. The molecule has 3 fully saturated rings. The zero-order valence-electron chi connectivity index (χ0n) is 14.3. The zero-order valence-corrected chi connectivity index (χ0v) is 15.1. The van der Waals surface area contributed by atoms with E-state index in [1.165, 1.54) is 12.2 Å². The van der Waals surface area contributed by atoms with Gasteiger partial charge in [-0.25, -0.2) is 4.79 Å². The van der Waals surface area contributed by atoms with Crippen LogP contribution >= 0.6 is 11.8 Å². The highest BCUT2D eigenvalue weighted by Gasteiger charge is 2.45. The Kier molecular flexibility index (Phi) is 4.66. The molecule has 0 saturated carbocycles. The summed E-state index contributed by atoms with van der Waals surface area (Å²) in [6.45, 7) is 8.15. The molecule has 3 saturated heterocycles. The molecule has 0 aliphatic carbocycles. The molecule has 0 radical (unpaired) electrons. The van der Waals surface area contributed by atoms with Crippen LogP contribution < -0.4 is 5.32 Å². The minimum atomic E-state index is -0.400. The van der Waals surface area contributed by atoms with Gasteiger partial charge in [0.25, 0.3) is 0 Å². The summed E-state index contributed by atoms with van der Waals surface area (Å²) in [5.41, 5.74) is -0.400. The smallest absolute Gasteiger partial charge is 0.410 e. The van der Waals surface area contributed by atoms with Gasteiger partial charge in [0.2, 0.25) is 0 Å². The van der Waals surface area contributed by atoms with Crippen molar-refractivity contribution in [2.24, 2.45) is 0 Å². The number of ether oxygens (including phenoxy) is 1. The highest BCUT2D eigenvalue weighted by atomic mass is 32.2. The van der Waals surface area contributed by atoms with Crippen LogP contribution in [0.3, 0.4) is 0 Å². The summed E-state index contributed by atoms with van der Waals surface area (Å²) in [7, 11) is 0. The molecule has 2 bridgehead atoms. The highest BCUT2D eigenvalue weighted by molar-refractivity contribution is 8.00. The quantitative estimate of drug-likeness (QED) is 0.844. The average Bonchev–Trinajstić information content (AvgIpc) is 2.89. The van der Waals surface area contributed by atoms with Crippen molar-refractivity contribution in [3.63, 3.8) is 0 Å². The third-order valence-electron chi connectivity index (χ3n) is 5.01. The van der Waals surface area contributed by atoms with Crippen LogP contribution in [0.15, 0.2) is 0 Å². The van der Waals surface area contributed by atoms with E-state index >= 15 is 0 Å². The van der Waals surface area contributed by atoms with Crippen molar-refractivity contribution in [2.75, 3.05) is 5.75 Å². The predicted octanol–water partition coefficient (Wildman–Crippen LogP) is 3.40. The highest BCUT2D eigenvalue weighted by Crippen LogP contribution is 2.37. The standard InChI is InChI=1S/C17H30N2O2S/c1-11-7-13(10-22-11)18-12-8-14-5-6-15(9-12)19(14)16(20)21-17(2,3)4/h11-15,18H,5-10H2,1-4H3. The molecule has 1 amide bonds. The number of thioether (sulfide) groups is 1. The molecule has 3 rings (SSSR count). The van der Waals surface area contributed by atoms with Crippen molar-refractivity contribution in [3.8, 4) is 0 Å². The van der Waals surface area contributed by atoms with Crippen LogP contribution in [0.2, 0.25) is 0 Å². The van der Waals surface area contributed by atoms with Gasteiger partial charge < -0.3 is 15.0 Å². The second kappa shape index (κ2) is 6.23. The molecule has 1 N–H and O–H groups in total. The Bertz CT molecular complexity index is 409. The molecule has 0 spiro atoms. The Hall–Kier alpha value is -0.420. The number of fused-ring (bicyclic) bond motifs is 2. The molecule has 0 aromatic carbocycles. The van der Waals surface area contributed by atoms with E-state index in [9.17, 15) is 4.79 Å². The zero-order chi connectivity index (χ0) is 15.9. The van der Waals surface area contributed by atoms with Crippen LogP contribution in [-0.4, -0.2) is 51.8 Å². The SMILES string of the molecule is CC1CC(NC2CC3CCC(C2)N3C(=O)OC(C)(C)C)CS1. The first-order chi connectivity index (χ1) is 10.3. The van der Waals surface area contributed by atoms with Crippen molar-refractivity contribution in [3.05, 3.63) is 0 Å². The Balaban J connectivity index is 1.56. The third-order valence-corrected chi connectivity index (χ3v) is 6.36. The lowest BCUT2D eigenvalue weighted by molar-refractivity contribution is 0.00439. The Labute approximate surface area is 138 Å². The number of piperidine rings is 1. The van der Waals surface area contributed by atoms with Crippen molar-refractivity contribution >= 4 is 17.9 Å². The second-order valence-electron chi connectivity index (χ2n) is 8.18. The molecular weight excluding hydrogens is 296 g/mol. The van der Waals surface area contributed by atoms with E-state index in [0.717, 1.165) is 30.9 Å². The molecule has 4 atom stereocenters. The van der Waals surface area contributed by atoms with Crippen LogP contribution in [0.25, 0.3) is 0 Å². The van der Waals surface area contributed by atoms with Crippen LogP contribution in [0.1, 0.15) is 59.8 Å². The largest absolute Gasteiger partial charge is 0.444 e. The Morgan fingerprint density at radius 1 is 1.14 bits per heavy atom. The van der Waals surface area contributed by atoms with Crippen molar-refractivity contribution in [1.82, 2.24) is 10.2 Å². The van der Waals surface area contributed by atoms with E-state index in [0.29, 0.717) is 24.2 Å². The van der Waals surface area contributed by atoms with E-state index < -0.39 is 5.60 Å². The average molecular weight is 327 g/mol. The summed E-state index contributed by atoms with van der Waals surface area (Å²) in [6.07, 6.45) is 5.63. The third kappa shape index (κ3) is 3.73. The molecule has 4 unspecified atom stereocenters. The van der Waals surface area contributed by atoms with Gasteiger partial charge in [0.1, 0.15) is 5.60 Å². The van der Waals surface area contributed by atoms with Gasteiger partial charge in [-0.3, -0.25) is 0 Å². The monoisotopic (exact) mass is 326 g/mol. The maximum absolute atomic E-state index is 12.4. The van der Waals surface area contributed by atoms with E-state index in [2.05, 4.69) is 24.0 Å². The summed E-state index contributed by atoms with van der Waals surface area (Å²) in [4.78, 5) is 14.5. The van der Waals surface area contributed by atoms with Gasteiger partial charge in [0.05, 0.1) is 0 Å². The number of carbonyl (C=O) groups is 1. The van der Waals surface area contributed by atoms with Gasteiger partial charge in [-0.05, 0) is 52.9 Å². The second-order valence-corrected chi connectivity index (χ2v) is 9.66. The molecule has 5 heteroatoms.